The van der Waals surface area contributed by atoms with Gasteiger partial charge in [0.25, 0.3) is 0 Å². The van der Waals surface area contributed by atoms with E-state index in [1.165, 1.54) is 4.88 Å². The van der Waals surface area contributed by atoms with Gasteiger partial charge in [0.05, 0.1) is 36.7 Å². The number of anilines is 1. The van der Waals surface area contributed by atoms with Crippen LogP contribution in [0.2, 0.25) is 0 Å². The van der Waals surface area contributed by atoms with Crippen LogP contribution in [0, 0.1) is 13.8 Å². The van der Waals surface area contributed by atoms with E-state index < -0.39 is 0 Å². The Morgan fingerprint density at radius 1 is 1.20 bits per heavy atom. The molecule has 4 nitrogen and oxygen atoms in total. The van der Waals surface area contributed by atoms with Crippen molar-refractivity contribution in [3.05, 3.63) is 33.8 Å². The number of hydrogen-bond donors (Lipinski definition) is 1. The first-order valence-corrected chi connectivity index (χ1v) is 7.29. The minimum absolute atomic E-state index is 0.184. The zero-order chi connectivity index (χ0) is 14.7. The molecule has 0 saturated carbocycles. The summed E-state index contributed by atoms with van der Waals surface area (Å²) in [5.41, 5.74) is 2.03. The molecule has 0 bridgehead atoms. The quantitative estimate of drug-likeness (QED) is 0.906. The van der Waals surface area contributed by atoms with E-state index in [0.29, 0.717) is 0 Å². The Labute approximate surface area is 123 Å². The Morgan fingerprint density at radius 3 is 2.50 bits per heavy atom. The molecule has 0 aliphatic heterocycles. The highest BCUT2D eigenvalue weighted by atomic mass is 32.1. The molecule has 1 unspecified atom stereocenters. The number of benzene rings is 1. The Kier molecular flexibility index (Phi) is 4.49. The van der Waals surface area contributed by atoms with Crippen LogP contribution in [0.3, 0.4) is 0 Å². The maximum Gasteiger partial charge on any atom is 0.145 e. The van der Waals surface area contributed by atoms with Gasteiger partial charge in [0.15, 0.2) is 0 Å². The van der Waals surface area contributed by atoms with E-state index in [-0.39, 0.29) is 6.04 Å². The predicted octanol–water partition coefficient (Wildman–Crippen LogP) is 3.95. The molecule has 0 fully saturated rings. The summed E-state index contributed by atoms with van der Waals surface area (Å²) in [6.07, 6.45) is 0. The lowest BCUT2D eigenvalue weighted by atomic mass is 10.2. The molecule has 0 amide bonds. The number of aromatic nitrogens is 1. The zero-order valence-electron chi connectivity index (χ0n) is 12.5. The van der Waals surface area contributed by atoms with Crippen LogP contribution < -0.4 is 14.8 Å². The first kappa shape index (κ1) is 14.7. The normalized spacial score (nSPS) is 12.1. The van der Waals surface area contributed by atoms with Crippen LogP contribution in [-0.4, -0.2) is 19.2 Å². The van der Waals surface area contributed by atoms with Crippen LogP contribution in [0.4, 0.5) is 5.69 Å². The van der Waals surface area contributed by atoms with E-state index in [4.69, 9.17) is 9.47 Å². The fourth-order valence-electron chi connectivity index (χ4n) is 2.17. The molecule has 0 saturated heterocycles. The van der Waals surface area contributed by atoms with Gasteiger partial charge < -0.3 is 14.8 Å². The molecule has 0 aliphatic rings. The van der Waals surface area contributed by atoms with Gasteiger partial charge in [-0.25, -0.2) is 4.98 Å². The van der Waals surface area contributed by atoms with Gasteiger partial charge >= 0.3 is 0 Å². The highest BCUT2D eigenvalue weighted by Gasteiger charge is 2.15. The van der Waals surface area contributed by atoms with Gasteiger partial charge in [-0.15, -0.1) is 11.3 Å². The first-order chi connectivity index (χ1) is 9.55. The molecular weight excluding hydrogens is 272 g/mol. The van der Waals surface area contributed by atoms with Crippen molar-refractivity contribution >= 4 is 17.0 Å². The van der Waals surface area contributed by atoms with Gasteiger partial charge in [0.2, 0.25) is 0 Å². The molecule has 20 heavy (non-hydrogen) atoms. The van der Waals surface area contributed by atoms with Crippen molar-refractivity contribution < 1.29 is 9.47 Å². The summed E-state index contributed by atoms with van der Waals surface area (Å²) in [7, 11) is 3.31. The van der Waals surface area contributed by atoms with Crippen LogP contribution in [-0.2, 0) is 0 Å². The third kappa shape index (κ3) is 3.04. The second-order valence-electron chi connectivity index (χ2n) is 4.61. The summed E-state index contributed by atoms with van der Waals surface area (Å²) < 4.78 is 10.6. The van der Waals surface area contributed by atoms with Crippen molar-refractivity contribution in [1.82, 2.24) is 4.98 Å². The molecule has 1 heterocycles. The Balaban J connectivity index is 2.23. The summed E-state index contributed by atoms with van der Waals surface area (Å²) in [4.78, 5) is 5.72. The monoisotopic (exact) mass is 292 g/mol. The standard InChI is InChI=1S/C15H20N2O2S/c1-9-15(20-11(3)16-9)10(2)17-13-7-6-12(18-4)8-14(13)19-5/h6-8,10,17H,1-5H3. The molecule has 1 aromatic carbocycles. The minimum atomic E-state index is 0.184. The highest BCUT2D eigenvalue weighted by molar-refractivity contribution is 7.11. The number of nitrogens with one attached hydrogen (secondary N) is 1. The lowest BCUT2D eigenvalue weighted by molar-refractivity contribution is 0.395. The number of methoxy groups -OCH3 is 2. The molecule has 0 radical (unpaired) electrons. The maximum atomic E-state index is 5.41. The molecule has 1 atom stereocenters. The maximum absolute atomic E-state index is 5.41. The van der Waals surface area contributed by atoms with Crippen LogP contribution in [0.15, 0.2) is 18.2 Å². The van der Waals surface area contributed by atoms with Crippen molar-refractivity contribution in [1.29, 1.82) is 0 Å². The summed E-state index contributed by atoms with van der Waals surface area (Å²) in [5.74, 6) is 1.56. The zero-order valence-corrected chi connectivity index (χ0v) is 13.3. The third-order valence-electron chi connectivity index (χ3n) is 3.11. The summed E-state index contributed by atoms with van der Waals surface area (Å²) in [5, 5.41) is 4.56. The van der Waals surface area contributed by atoms with E-state index in [0.717, 1.165) is 27.9 Å². The van der Waals surface area contributed by atoms with Crippen LogP contribution in [0.5, 0.6) is 11.5 Å². The second kappa shape index (κ2) is 6.13. The SMILES string of the molecule is COc1ccc(NC(C)c2sc(C)nc2C)c(OC)c1. The number of rotatable bonds is 5. The average Bonchev–Trinajstić information content (AvgIpc) is 2.78. The molecule has 5 heteroatoms. The molecule has 1 aromatic heterocycles. The fourth-order valence-corrected chi connectivity index (χ4v) is 3.10. The van der Waals surface area contributed by atoms with Gasteiger partial charge in [-0.1, -0.05) is 0 Å². The smallest absolute Gasteiger partial charge is 0.145 e. The Morgan fingerprint density at radius 2 is 1.95 bits per heavy atom. The van der Waals surface area contributed by atoms with Crippen molar-refractivity contribution in [3.63, 3.8) is 0 Å². The van der Waals surface area contributed by atoms with Crippen LogP contribution in [0.25, 0.3) is 0 Å². The van der Waals surface area contributed by atoms with E-state index in [1.807, 2.05) is 32.0 Å². The first-order valence-electron chi connectivity index (χ1n) is 6.47. The summed E-state index contributed by atoms with van der Waals surface area (Å²) in [6.45, 7) is 6.20. The topological polar surface area (TPSA) is 43.4 Å². The lowest BCUT2D eigenvalue weighted by Gasteiger charge is -2.17. The second-order valence-corrected chi connectivity index (χ2v) is 5.85. The number of hydrogen-bond acceptors (Lipinski definition) is 5. The molecule has 2 aromatic rings. The molecule has 0 aliphatic carbocycles. The molecular formula is C15H20N2O2S. The largest absolute Gasteiger partial charge is 0.497 e. The van der Waals surface area contributed by atoms with Crippen LogP contribution >= 0.6 is 11.3 Å². The average molecular weight is 292 g/mol. The number of thiazole rings is 1. The van der Waals surface area contributed by atoms with Gasteiger partial charge in [-0.2, -0.15) is 0 Å². The summed E-state index contributed by atoms with van der Waals surface area (Å²) in [6, 6.07) is 5.95. The van der Waals surface area contributed by atoms with Gasteiger partial charge in [-0.05, 0) is 32.9 Å². The van der Waals surface area contributed by atoms with Crippen molar-refractivity contribution in [2.75, 3.05) is 19.5 Å². The predicted molar refractivity (Wildman–Crippen MR) is 83.2 cm³/mol. The van der Waals surface area contributed by atoms with Crippen molar-refractivity contribution in [2.45, 2.75) is 26.8 Å². The van der Waals surface area contributed by atoms with E-state index in [9.17, 15) is 0 Å². The Bertz CT molecular complexity index is 596. The van der Waals surface area contributed by atoms with Crippen molar-refractivity contribution in [2.24, 2.45) is 0 Å². The minimum Gasteiger partial charge on any atom is -0.497 e. The molecule has 0 spiro atoms. The van der Waals surface area contributed by atoms with Gasteiger partial charge in [-0.3, -0.25) is 0 Å². The molecule has 2 rings (SSSR count). The number of nitrogens with zero attached hydrogens (tertiary/aromatic N) is 1. The van der Waals surface area contributed by atoms with Crippen LogP contribution in [0.1, 0.15) is 28.5 Å². The van der Waals surface area contributed by atoms with Gasteiger partial charge in [0.1, 0.15) is 11.5 Å². The van der Waals surface area contributed by atoms with Crippen molar-refractivity contribution in [3.8, 4) is 11.5 Å². The highest BCUT2D eigenvalue weighted by Crippen LogP contribution is 2.33. The molecule has 108 valence electrons. The van der Waals surface area contributed by atoms with Gasteiger partial charge in [0, 0.05) is 10.9 Å². The van der Waals surface area contributed by atoms with E-state index in [2.05, 4.69) is 17.2 Å². The fraction of sp³-hybridized carbons (Fsp3) is 0.400. The number of aryl methyl sites for hydroxylation is 2. The number of ether oxygens (including phenoxy) is 2. The van der Waals surface area contributed by atoms with E-state index in [1.54, 1.807) is 25.6 Å². The molecule has 1 N–H and O–H groups in total. The van der Waals surface area contributed by atoms with E-state index >= 15 is 0 Å². The summed E-state index contributed by atoms with van der Waals surface area (Å²) >= 11 is 1.72. The third-order valence-corrected chi connectivity index (χ3v) is 4.37. The lowest BCUT2D eigenvalue weighted by Crippen LogP contribution is -2.07. The Hall–Kier alpha value is -1.75.